The Bertz CT molecular complexity index is 358. The first-order chi connectivity index (χ1) is 8.31. The third-order valence-electron chi connectivity index (χ3n) is 3.57. The lowest BCUT2D eigenvalue weighted by molar-refractivity contribution is 0.255. The Morgan fingerprint density at radius 2 is 2.12 bits per heavy atom. The molecule has 94 valence electrons. The highest BCUT2D eigenvalue weighted by Crippen LogP contribution is 2.29. The quantitative estimate of drug-likeness (QED) is 0.821. The zero-order valence-electron chi connectivity index (χ0n) is 9.90. The average Bonchev–Trinajstić information content (AvgIpc) is 2.38. The summed E-state index contributed by atoms with van der Waals surface area (Å²) in [5.74, 6) is 2.32. The number of halogens is 1. The van der Waals surface area contributed by atoms with E-state index in [4.69, 9.17) is 5.73 Å². The summed E-state index contributed by atoms with van der Waals surface area (Å²) in [6.07, 6.45) is 8.66. The summed E-state index contributed by atoms with van der Waals surface area (Å²) in [6.45, 7) is 1.79. The lowest BCUT2D eigenvalue weighted by atomic mass is 9.79. The van der Waals surface area contributed by atoms with E-state index in [1.165, 1.54) is 25.7 Å². The molecular weight excluding hydrogens is 327 g/mol. The molecule has 1 aromatic heterocycles. The number of anilines is 1. The number of rotatable bonds is 4. The van der Waals surface area contributed by atoms with Crippen molar-refractivity contribution in [1.29, 1.82) is 0 Å². The van der Waals surface area contributed by atoms with Crippen molar-refractivity contribution in [2.24, 2.45) is 17.6 Å². The molecule has 2 atom stereocenters. The van der Waals surface area contributed by atoms with Crippen molar-refractivity contribution in [3.8, 4) is 0 Å². The van der Waals surface area contributed by atoms with Crippen LogP contribution in [-0.4, -0.2) is 23.1 Å². The Morgan fingerprint density at radius 3 is 2.82 bits per heavy atom. The summed E-state index contributed by atoms with van der Waals surface area (Å²) in [4.78, 5) is 8.24. The van der Waals surface area contributed by atoms with E-state index >= 15 is 0 Å². The predicted octanol–water partition coefficient (Wildman–Crippen LogP) is 2.26. The Balaban J connectivity index is 1.90. The molecule has 1 saturated carbocycles. The first kappa shape index (κ1) is 13.0. The normalized spacial score (nSPS) is 24.6. The topological polar surface area (TPSA) is 63.8 Å². The van der Waals surface area contributed by atoms with Crippen molar-refractivity contribution in [2.45, 2.75) is 25.7 Å². The van der Waals surface area contributed by atoms with Gasteiger partial charge in [0, 0.05) is 12.7 Å². The molecule has 1 fully saturated rings. The summed E-state index contributed by atoms with van der Waals surface area (Å²) in [5, 5.41) is 3.43. The third-order valence-corrected chi connectivity index (χ3v) is 4.36. The molecule has 1 aromatic rings. The molecule has 0 amide bonds. The van der Waals surface area contributed by atoms with Gasteiger partial charge in [-0.2, -0.15) is 0 Å². The van der Waals surface area contributed by atoms with E-state index in [0.29, 0.717) is 11.8 Å². The highest BCUT2D eigenvalue weighted by Gasteiger charge is 2.23. The van der Waals surface area contributed by atoms with Crippen LogP contribution in [0, 0.1) is 15.4 Å². The summed E-state index contributed by atoms with van der Waals surface area (Å²) >= 11 is 2.26. The molecule has 0 aliphatic heterocycles. The second-order valence-corrected chi connectivity index (χ2v) is 5.80. The third kappa shape index (κ3) is 3.51. The fraction of sp³-hybridized carbons (Fsp3) is 0.667. The maximum Gasteiger partial charge on any atom is 0.142 e. The molecule has 0 saturated heterocycles. The molecule has 1 aliphatic carbocycles. The first-order valence-corrected chi connectivity index (χ1v) is 7.28. The van der Waals surface area contributed by atoms with E-state index in [-0.39, 0.29) is 0 Å². The van der Waals surface area contributed by atoms with Gasteiger partial charge in [0.25, 0.3) is 0 Å². The van der Waals surface area contributed by atoms with Gasteiger partial charge in [-0.25, -0.2) is 9.97 Å². The van der Waals surface area contributed by atoms with Crippen LogP contribution in [0.5, 0.6) is 0 Å². The number of hydrogen-bond donors (Lipinski definition) is 2. The van der Waals surface area contributed by atoms with Crippen LogP contribution in [0.4, 0.5) is 5.82 Å². The minimum Gasteiger partial charge on any atom is -0.369 e. The van der Waals surface area contributed by atoms with Crippen LogP contribution in [0.25, 0.3) is 0 Å². The van der Waals surface area contributed by atoms with Crippen molar-refractivity contribution < 1.29 is 0 Å². The van der Waals surface area contributed by atoms with Gasteiger partial charge in [-0.15, -0.1) is 0 Å². The van der Waals surface area contributed by atoms with Gasteiger partial charge >= 0.3 is 0 Å². The second kappa shape index (κ2) is 6.49. The van der Waals surface area contributed by atoms with Crippen LogP contribution in [0.1, 0.15) is 25.7 Å². The lowest BCUT2D eigenvalue weighted by Gasteiger charge is -2.30. The summed E-state index contributed by atoms with van der Waals surface area (Å²) in [5.41, 5.74) is 5.84. The van der Waals surface area contributed by atoms with E-state index in [1.807, 2.05) is 6.20 Å². The second-order valence-electron chi connectivity index (χ2n) is 4.64. The SMILES string of the molecule is NCC1CCCCC1CNc1ncncc1I. The Morgan fingerprint density at radius 1 is 1.35 bits per heavy atom. The molecule has 4 nitrogen and oxygen atoms in total. The maximum absolute atomic E-state index is 5.84. The molecule has 0 aromatic carbocycles. The first-order valence-electron chi connectivity index (χ1n) is 6.20. The van der Waals surface area contributed by atoms with Crippen LogP contribution < -0.4 is 11.1 Å². The fourth-order valence-corrected chi connectivity index (χ4v) is 3.02. The zero-order chi connectivity index (χ0) is 12.1. The van der Waals surface area contributed by atoms with Crippen molar-refractivity contribution in [1.82, 2.24) is 9.97 Å². The molecule has 2 unspecified atom stereocenters. The molecule has 0 spiro atoms. The molecule has 2 rings (SSSR count). The minimum atomic E-state index is 0.677. The molecule has 0 bridgehead atoms. The molecule has 3 N–H and O–H groups in total. The van der Waals surface area contributed by atoms with Crippen LogP contribution in [0.2, 0.25) is 0 Å². The summed E-state index contributed by atoms with van der Waals surface area (Å²) in [7, 11) is 0. The molecule has 5 heteroatoms. The van der Waals surface area contributed by atoms with E-state index in [2.05, 4.69) is 37.9 Å². The van der Waals surface area contributed by atoms with Crippen LogP contribution in [0.15, 0.2) is 12.5 Å². The summed E-state index contributed by atoms with van der Waals surface area (Å²) < 4.78 is 1.07. The van der Waals surface area contributed by atoms with Crippen LogP contribution in [-0.2, 0) is 0 Å². The van der Waals surface area contributed by atoms with Crippen LogP contribution in [0.3, 0.4) is 0 Å². The van der Waals surface area contributed by atoms with Crippen LogP contribution >= 0.6 is 22.6 Å². The average molecular weight is 346 g/mol. The van der Waals surface area contributed by atoms with Crippen molar-refractivity contribution in [3.05, 3.63) is 16.1 Å². The van der Waals surface area contributed by atoms with Crippen molar-refractivity contribution >= 4 is 28.4 Å². The summed E-state index contributed by atoms with van der Waals surface area (Å²) in [6, 6.07) is 0. The van der Waals surface area contributed by atoms with Gasteiger partial charge in [-0.05, 0) is 53.8 Å². The minimum absolute atomic E-state index is 0.677. The Hall–Kier alpha value is -0.430. The van der Waals surface area contributed by atoms with E-state index in [9.17, 15) is 0 Å². The highest BCUT2D eigenvalue weighted by atomic mass is 127. The predicted molar refractivity (Wildman–Crippen MR) is 77.7 cm³/mol. The number of nitrogens with one attached hydrogen (secondary N) is 1. The fourth-order valence-electron chi connectivity index (χ4n) is 2.53. The van der Waals surface area contributed by atoms with Gasteiger partial charge in [0.15, 0.2) is 0 Å². The largest absolute Gasteiger partial charge is 0.369 e. The number of hydrogen-bond acceptors (Lipinski definition) is 4. The van der Waals surface area contributed by atoms with E-state index in [0.717, 1.165) is 22.5 Å². The van der Waals surface area contributed by atoms with Gasteiger partial charge in [0.1, 0.15) is 12.1 Å². The van der Waals surface area contributed by atoms with Crippen molar-refractivity contribution in [3.63, 3.8) is 0 Å². The highest BCUT2D eigenvalue weighted by molar-refractivity contribution is 14.1. The Kier molecular flexibility index (Phi) is 4.97. The van der Waals surface area contributed by atoms with E-state index < -0.39 is 0 Å². The zero-order valence-corrected chi connectivity index (χ0v) is 12.1. The Labute approximate surface area is 116 Å². The molecular formula is C12H19IN4. The van der Waals surface area contributed by atoms with Gasteiger partial charge < -0.3 is 11.1 Å². The van der Waals surface area contributed by atoms with Gasteiger partial charge in [0.2, 0.25) is 0 Å². The van der Waals surface area contributed by atoms with E-state index in [1.54, 1.807) is 6.33 Å². The molecule has 1 aliphatic rings. The molecule has 1 heterocycles. The van der Waals surface area contributed by atoms with Gasteiger partial charge in [0.05, 0.1) is 3.57 Å². The number of nitrogens with zero attached hydrogens (tertiary/aromatic N) is 2. The standard InChI is InChI=1S/C12H19IN4/c13-11-7-15-8-17-12(11)16-6-10-4-2-1-3-9(10)5-14/h7-10H,1-6,14H2,(H,15,16,17). The smallest absolute Gasteiger partial charge is 0.142 e. The van der Waals surface area contributed by atoms with Gasteiger partial charge in [-0.3, -0.25) is 0 Å². The monoisotopic (exact) mass is 346 g/mol. The molecule has 0 radical (unpaired) electrons. The number of nitrogens with two attached hydrogens (primary N) is 1. The number of aromatic nitrogens is 2. The molecule has 17 heavy (non-hydrogen) atoms. The maximum atomic E-state index is 5.84. The van der Waals surface area contributed by atoms with Gasteiger partial charge in [-0.1, -0.05) is 12.8 Å². The lowest BCUT2D eigenvalue weighted by Crippen LogP contribution is -2.31. The van der Waals surface area contributed by atoms with Crippen molar-refractivity contribution in [2.75, 3.05) is 18.4 Å².